The molecular formula is C47H54F2N14O. The zero-order valence-corrected chi connectivity index (χ0v) is 36.6. The molecule has 4 aliphatic rings. The number of Topliss-reactive ketones (excluding diaryl/α,β-unsaturated/α-hetero) is 1. The maximum Gasteiger partial charge on any atom is 0.225 e. The van der Waals surface area contributed by atoms with Gasteiger partial charge in [0.05, 0.1) is 35.6 Å². The Bertz CT molecular complexity index is 2460. The molecule has 6 aromatic rings. The molecule has 2 saturated carbocycles. The largest absolute Gasteiger partial charge is 0.348 e. The first-order valence-electron chi connectivity index (χ1n) is 22.5. The average molecular weight is 869 g/mol. The molecule has 2 fully saturated rings. The molecule has 2 unspecified atom stereocenters. The van der Waals surface area contributed by atoms with Gasteiger partial charge in [-0.1, -0.05) is 24.3 Å². The van der Waals surface area contributed by atoms with E-state index in [1.807, 2.05) is 39.8 Å². The highest BCUT2D eigenvalue weighted by Gasteiger charge is 2.36. The molecule has 15 nitrogen and oxygen atoms in total. The molecule has 0 radical (unpaired) electrons. The van der Waals surface area contributed by atoms with Crippen LogP contribution in [0, 0.1) is 11.6 Å². The summed E-state index contributed by atoms with van der Waals surface area (Å²) in [4.78, 5) is 38.9. The summed E-state index contributed by atoms with van der Waals surface area (Å²) in [6, 6.07) is 15.8. The Labute approximate surface area is 370 Å². The lowest BCUT2D eigenvalue weighted by atomic mass is 9.97. The first-order valence-corrected chi connectivity index (χ1v) is 22.5. The standard InChI is InChI=1S/C47H54F2N14O/c1-25(29-9-13-33(48)14-10-29)50-46-52-37-17-19-62(23-35(37)44(56-46)54-41-21-39(58-60-41)31-5-6-31)27(3)43(64)28(4)63-20-18-38-36(24-63)45(55-42-22-40(59-61-42)32-7-8-32)57-47(53-38)51-26(2)30-11-15-34(49)16-12-30/h9-16,21-22,25-28,31-32H,5-8,17-20,23-24H2,1-4H3,(H3,50,52,54,56,58,60)(H3,51,53,55,57,59,61)/t25-,26-,27?,28?/m0/s1. The number of ketones is 1. The SMILES string of the molecule is CC(C(=O)C(C)N1CCc2nc(N[C@@H](C)c3ccc(F)cc3)nc(Nc3cc(C4CC4)[nH]n3)c2C1)N1CCc2nc(N[C@@H](C)c3ccc(F)cc3)nc(Nc3cc(C4CC4)[nH]n3)c2C1. The Kier molecular flexibility index (Phi) is 11.3. The van der Waals surface area contributed by atoms with E-state index in [1.54, 1.807) is 24.3 Å². The molecule has 0 spiro atoms. The van der Waals surface area contributed by atoms with Crippen LogP contribution < -0.4 is 21.3 Å². The van der Waals surface area contributed by atoms with Crippen LogP contribution in [0.25, 0.3) is 0 Å². The Morgan fingerprint density at radius 2 is 1.03 bits per heavy atom. The topological polar surface area (TPSA) is 181 Å². The van der Waals surface area contributed by atoms with E-state index in [2.05, 4.69) is 51.5 Å². The van der Waals surface area contributed by atoms with Gasteiger partial charge in [0.25, 0.3) is 0 Å². The lowest BCUT2D eigenvalue weighted by molar-refractivity contribution is -0.129. The quantitative estimate of drug-likeness (QED) is 0.0547. The van der Waals surface area contributed by atoms with Crippen molar-refractivity contribution in [1.82, 2.24) is 50.1 Å². The van der Waals surface area contributed by atoms with Crippen molar-refractivity contribution >= 4 is 41.0 Å². The summed E-state index contributed by atoms with van der Waals surface area (Å²) in [5.74, 6) is 4.14. The smallest absolute Gasteiger partial charge is 0.225 e. The van der Waals surface area contributed by atoms with Crippen molar-refractivity contribution in [2.24, 2.45) is 0 Å². The number of benzene rings is 2. The highest BCUT2D eigenvalue weighted by atomic mass is 19.1. The third-order valence-corrected chi connectivity index (χ3v) is 13.3. The zero-order valence-electron chi connectivity index (χ0n) is 36.6. The van der Waals surface area contributed by atoms with Gasteiger partial charge in [0.2, 0.25) is 11.9 Å². The van der Waals surface area contributed by atoms with Crippen LogP contribution in [-0.4, -0.2) is 81.1 Å². The van der Waals surface area contributed by atoms with Gasteiger partial charge in [0.15, 0.2) is 17.4 Å². The van der Waals surface area contributed by atoms with Crippen LogP contribution >= 0.6 is 0 Å². The summed E-state index contributed by atoms with van der Waals surface area (Å²) in [7, 11) is 0. The summed E-state index contributed by atoms with van der Waals surface area (Å²) in [5.41, 5.74) is 7.71. The van der Waals surface area contributed by atoms with Crippen molar-refractivity contribution in [3.8, 4) is 0 Å². The Morgan fingerprint density at radius 3 is 1.42 bits per heavy atom. The molecule has 2 aromatic carbocycles. The molecule has 2 aliphatic heterocycles. The lowest BCUT2D eigenvalue weighted by Gasteiger charge is -2.38. The number of carbonyl (C=O) groups excluding carboxylic acids is 1. The van der Waals surface area contributed by atoms with E-state index < -0.39 is 0 Å². The van der Waals surface area contributed by atoms with E-state index in [0.717, 1.165) is 70.7 Å². The van der Waals surface area contributed by atoms with Gasteiger partial charge in [-0.3, -0.25) is 24.8 Å². The molecular weight excluding hydrogens is 815 g/mol. The van der Waals surface area contributed by atoms with E-state index in [0.29, 0.717) is 86.0 Å². The highest BCUT2D eigenvalue weighted by Crippen LogP contribution is 2.41. The predicted molar refractivity (Wildman–Crippen MR) is 241 cm³/mol. The summed E-state index contributed by atoms with van der Waals surface area (Å²) in [6.07, 6.45) is 5.86. The monoisotopic (exact) mass is 868 g/mol. The van der Waals surface area contributed by atoms with Crippen LogP contribution in [-0.2, 0) is 30.7 Å². The fourth-order valence-electron chi connectivity index (χ4n) is 8.88. The fraction of sp³-hybridized carbons (Fsp3) is 0.426. The fourth-order valence-corrected chi connectivity index (χ4v) is 8.88. The minimum Gasteiger partial charge on any atom is -0.348 e. The number of halogens is 2. The van der Waals surface area contributed by atoms with Crippen LogP contribution in [0.15, 0.2) is 60.7 Å². The third kappa shape index (κ3) is 9.04. The molecule has 0 saturated heterocycles. The van der Waals surface area contributed by atoms with Crippen LogP contribution in [0.5, 0.6) is 0 Å². The van der Waals surface area contributed by atoms with Crippen LogP contribution in [0.2, 0.25) is 0 Å². The van der Waals surface area contributed by atoms with E-state index in [-0.39, 0.29) is 41.6 Å². The van der Waals surface area contributed by atoms with E-state index in [1.165, 1.54) is 24.3 Å². The number of aromatic amines is 2. The summed E-state index contributed by atoms with van der Waals surface area (Å²) in [6.45, 7) is 10.2. The number of hydrogen-bond acceptors (Lipinski definition) is 13. The molecule has 4 aromatic heterocycles. The summed E-state index contributed by atoms with van der Waals surface area (Å²) in [5, 5.41) is 29.3. The maximum atomic E-state index is 14.6. The van der Waals surface area contributed by atoms with Gasteiger partial charge in [0, 0.05) is 85.5 Å². The van der Waals surface area contributed by atoms with Crippen molar-refractivity contribution in [3.05, 3.63) is 117 Å². The lowest BCUT2D eigenvalue weighted by Crippen LogP contribution is -2.51. The summed E-state index contributed by atoms with van der Waals surface area (Å²) < 4.78 is 27.4. The van der Waals surface area contributed by atoms with E-state index >= 15 is 0 Å². The van der Waals surface area contributed by atoms with Crippen molar-refractivity contribution in [2.75, 3.05) is 34.4 Å². The van der Waals surface area contributed by atoms with Gasteiger partial charge < -0.3 is 21.3 Å². The number of nitrogens with one attached hydrogen (secondary N) is 6. The Hall–Kier alpha value is -6.33. The minimum atomic E-state index is -0.390. The Balaban J connectivity index is 0.866. The molecule has 10 rings (SSSR count). The second kappa shape index (κ2) is 17.3. The van der Waals surface area contributed by atoms with Gasteiger partial charge >= 0.3 is 0 Å². The molecule has 6 heterocycles. The molecule has 4 atom stereocenters. The number of aromatic nitrogens is 8. The molecule has 6 N–H and O–H groups in total. The second-order valence-corrected chi connectivity index (χ2v) is 17.9. The zero-order chi connectivity index (χ0) is 44.1. The number of anilines is 6. The first kappa shape index (κ1) is 41.7. The molecule has 0 amide bonds. The van der Waals surface area contributed by atoms with E-state index in [4.69, 9.17) is 19.9 Å². The van der Waals surface area contributed by atoms with Crippen molar-refractivity contribution in [3.63, 3.8) is 0 Å². The van der Waals surface area contributed by atoms with Gasteiger partial charge in [-0.05, 0) is 88.8 Å². The molecule has 2 aliphatic carbocycles. The Morgan fingerprint density at radius 1 is 0.625 bits per heavy atom. The number of carbonyl (C=O) groups is 1. The normalized spacial score (nSPS) is 18.3. The number of fused-ring (bicyclic) bond motifs is 2. The summed E-state index contributed by atoms with van der Waals surface area (Å²) >= 11 is 0. The number of hydrogen-bond donors (Lipinski definition) is 6. The third-order valence-electron chi connectivity index (χ3n) is 13.3. The molecule has 17 heteroatoms. The van der Waals surface area contributed by atoms with Crippen LogP contribution in [0.4, 0.5) is 43.9 Å². The predicted octanol–water partition coefficient (Wildman–Crippen LogP) is 8.34. The van der Waals surface area contributed by atoms with Gasteiger partial charge in [-0.15, -0.1) is 0 Å². The van der Waals surface area contributed by atoms with Crippen LogP contribution in [0.3, 0.4) is 0 Å². The average Bonchev–Trinajstić information content (AvgIpc) is 4.24. The van der Waals surface area contributed by atoms with Gasteiger partial charge in [-0.25, -0.2) is 18.7 Å². The number of rotatable bonds is 16. The van der Waals surface area contributed by atoms with Crippen LogP contribution in [0.1, 0.15) is 122 Å². The maximum absolute atomic E-state index is 14.6. The number of nitrogens with zero attached hydrogens (tertiary/aromatic N) is 8. The van der Waals surface area contributed by atoms with E-state index in [9.17, 15) is 13.6 Å². The van der Waals surface area contributed by atoms with Crippen molar-refractivity contribution in [2.45, 2.75) is 115 Å². The second-order valence-electron chi connectivity index (χ2n) is 17.9. The first-order chi connectivity index (χ1) is 31.0. The molecule has 332 valence electrons. The minimum absolute atomic E-state index is 0.123. The van der Waals surface area contributed by atoms with Gasteiger partial charge in [-0.2, -0.15) is 20.2 Å². The van der Waals surface area contributed by atoms with Crippen molar-refractivity contribution in [1.29, 1.82) is 0 Å². The molecule has 64 heavy (non-hydrogen) atoms. The highest BCUT2D eigenvalue weighted by molar-refractivity contribution is 5.88. The molecule has 0 bridgehead atoms. The number of H-pyrrole nitrogens is 2. The van der Waals surface area contributed by atoms with Crippen molar-refractivity contribution < 1.29 is 13.6 Å². The van der Waals surface area contributed by atoms with Gasteiger partial charge in [0.1, 0.15) is 23.3 Å².